The second-order valence-electron chi connectivity index (χ2n) is 8.37. The second-order valence-corrected chi connectivity index (χ2v) is 8.37. The number of hydrogen-bond donors (Lipinski definition) is 6. The SMILES string of the molecule is CCC1OC(CO)C(O)(OCC2OC(C(=O)O)C(COC)C(O)C2O)C(C)C1NC(C)=O. The third-order valence-corrected chi connectivity index (χ3v) is 6.29. The molecule has 0 aromatic carbocycles. The maximum absolute atomic E-state index is 11.7. The zero-order valence-corrected chi connectivity index (χ0v) is 18.7. The highest BCUT2D eigenvalue weighted by Gasteiger charge is 2.55. The van der Waals surface area contributed by atoms with Crippen molar-refractivity contribution in [1.82, 2.24) is 5.32 Å². The Bertz CT molecular complexity index is 649. The van der Waals surface area contributed by atoms with E-state index in [0.29, 0.717) is 6.42 Å². The molecule has 12 nitrogen and oxygen atoms in total. The molecule has 1 amide bonds. The predicted molar refractivity (Wildman–Crippen MR) is 107 cm³/mol. The maximum atomic E-state index is 11.7. The van der Waals surface area contributed by atoms with Crippen molar-refractivity contribution in [3.05, 3.63) is 0 Å². The Morgan fingerprint density at radius 2 is 1.78 bits per heavy atom. The van der Waals surface area contributed by atoms with Crippen LogP contribution in [0.2, 0.25) is 0 Å². The zero-order valence-electron chi connectivity index (χ0n) is 18.7. The van der Waals surface area contributed by atoms with Gasteiger partial charge in [-0.1, -0.05) is 13.8 Å². The van der Waals surface area contributed by atoms with Crippen LogP contribution in [0, 0.1) is 11.8 Å². The van der Waals surface area contributed by atoms with Gasteiger partial charge in [0, 0.05) is 25.9 Å². The van der Waals surface area contributed by atoms with Crippen molar-refractivity contribution in [3.63, 3.8) is 0 Å². The lowest BCUT2D eigenvalue weighted by Crippen LogP contribution is -2.68. The Kier molecular flexibility index (Phi) is 9.37. The average Bonchev–Trinajstić information content (AvgIpc) is 2.74. The number of methoxy groups -OCH3 is 1. The highest BCUT2D eigenvalue weighted by Crippen LogP contribution is 2.37. The summed E-state index contributed by atoms with van der Waals surface area (Å²) in [5.74, 6) is -5.53. The summed E-state index contributed by atoms with van der Waals surface area (Å²) in [5, 5.41) is 54.2. The molecule has 2 saturated heterocycles. The molecule has 2 aliphatic rings. The Labute approximate surface area is 186 Å². The normalized spacial score (nSPS) is 42.4. The van der Waals surface area contributed by atoms with E-state index in [-0.39, 0.29) is 12.5 Å². The lowest BCUT2D eigenvalue weighted by atomic mass is 9.81. The van der Waals surface area contributed by atoms with Crippen LogP contribution >= 0.6 is 0 Å². The molecule has 2 heterocycles. The minimum Gasteiger partial charge on any atom is -0.479 e. The number of carboxylic acids is 1. The van der Waals surface area contributed by atoms with Crippen LogP contribution in [0.15, 0.2) is 0 Å². The highest BCUT2D eigenvalue weighted by atomic mass is 16.7. The molecular weight excluding hydrogens is 430 g/mol. The number of hydrogen-bond acceptors (Lipinski definition) is 10. The molecule has 10 unspecified atom stereocenters. The van der Waals surface area contributed by atoms with Crippen LogP contribution in [0.1, 0.15) is 27.2 Å². The summed E-state index contributed by atoms with van der Waals surface area (Å²) in [6, 6.07) is -0.633. The summed E-state index contributed by atoms with van der Waals surface area (Å²) in [4.78, 5) is 23.3. The molecule has 2 rings (SSSR count). The number of carboxylic acid groups (broad SMARTS) is 1. The Morgan fingerprint density at radius 1 is 1.12 bits per heavy atom. The summed E-state index contributed by atoms with van der Waals surface area (Å²) in [7, 11) is 1.33. The minimum atomic E-state index is -2.09. The first kappa shape index (κ1) is 26.9. The molecule has 0 saturated carbocycles. The third kappa shape index (κ3) is 5.39. The number of aliphatic hydroxyl groups is 4. The van der Waals surface area contributed by atoms with Crippen LogP contribution in [-0.2, 0) is 28.5 Å². The van der Waals surface area contributed by atoms with Crippen molar-refractivity contribution in [2.45, 2.75) is 75.6 Å². The van der Waals surface area contributed by atoms with Gasteiger partial charge < -0.3 is 49.8 Å². The van der Waals surface area contributed by atoms with E-state index < -0.39 is 79.5 Å². The van der Waals surface area contributed by atoms with Gasteiger partial charge in [-0.25, -0.2) is 4.79 Å². The fourth-order valence-corrected chi connectivity index (χ4v) is 4.46. The van der Waals surface area contributed by atoms with Gasteiger partial charge in [0.2, 0.25) is 5.91 Å². The maximum Gasteiger partial charge on any atom is 0.333 e. The van der Waals surface area contributed by atoms with Crippen LogP contribution < -0.4 is 5.32 Å². The quantitative estimate of drug-likeness (QED) is 0.204. The molecule has 6 N–H and O–H groups in total. The zero-order chi connectivity index (χ0) is 24.2. The number of carbonyl (C=O) groups excluding carboxylic acids is 1. The summed E-state index contributed by atoms with van der Waals surface area (Å²) >= 11 is 0. The number of carbonyl (C=O) groups is 2. The lowest BCUT2D eigenvalue weighted by molar-refractivity contribution is -0.348. The minimum absolute atomic E-state index is 0.152. The Morgan fingerprint density at radius 3 is 2.28 bits per heavy atom. The van der Waals surface area contributed by atoms with E-state index in [1.807, 2.05) is 6.92 Å². The van der Waals surface area contributed by atoms with E-state index in [1.54, 1.807) is 6.92 Å². The van der Waals surface area contributed by atoms with E-state index in [4.69, 9.17) is 18.9 Å². The van der Waals surface area contributed by atoms with Gasteiger partial charge in [-0.05, 0) is 6.42 Å². The Hall–Kier alpha value is -1.38. The van der Waals surface area contributed by atoms with Gasteiger partial charge >= 0.3 is 5.97 Å². The van der Waals surface area contributed by atoms with E-state index >= 15 is 0 Å². The van der Waals surface area contributed by atoms with Gasteiger partial charge in [-0.15, -0.1) is 0 Å². The summed E-state index contributed by atoms with van der Waals surface area (Å²) in [6.45, 7) is 3.53. The van der Waals surface area contributed by atoms with Crippen LogP contribution in [0.5, 0.6) is 0 Å². The van der Waals surface area contributed by atoms with Crippen molar-refractivity contribution in [2.75, 3.05) is 26.9 Å². The summed E-state index contributed by atoms with van der Waals surface area (Å²) in [5.41, 5.74) is 0. The fourth-order valence-electron chi connectivity index (χ4n) is 4.46. The number of ether oxygens (including phenoxy) is 4. The first-order chi connectivity index (χ1) is 15.0. The van der Waals surface area contributed by atoms with Gasteiger partial charge in [0.05, 0.1) is 38.1 Å². The number of rotatable bonds is 9. The monoisotopic (exact) mass is 465 g/mol. The molecule has 186 valence electrons. The van der Waals surface area contributed by atoms with Gasteiger partial charge in [0.1, 0.15) is 18.3 Å². The van der Waals surface area contributed by atoms with Crippen molar-refractivity contribution < 1.29 is 54.1 Å². The molecule has 0 aromatic heterocycles. The molecule has 2 aliphatic heterocycles. The standard InChI is InChI=1S/C20H35NO11/c1-5-12-15(21-10(3)23)9(2)20(28,14(6-22)31-12)30-8-13-17(25)16(24)11(7-29-4)18(32-13)19(26)27/h9,11-18,22,24-25,28H,5-8H2,1-4H3,(H,21,23)(H,26,27). The van der Waals surface area contributed by atoms with Gasteiger partial charge in [0.15, 0.2) is 11.9 Å². The molecule has 0 spiro atoms. The van der Waals surface area contributed by atoms with Crippen molar-refractivity contribution in [3.8, 4) is 0 Å². The summed E-state index contributed by atoms with van der Waals surface area (Å²) < 4.78 is 21.8. The number of aliphatic hydroxyl groups excluding tert-OH is 3. The first-order valence-electron chi connectivity index (χ1n) is 10.6. The molecule has 2 fully saturated rings. The molecule has 0 radical (unpaired) electrons. The van der Waals surface area contributed by atoms with Gasteiger partial charge in [0.25, 0.3) is 0 Å². The molecule has 32 heavy (non-hydrogen) atoms. The Balaban J connectivity index is 2.21. The molecule has 0 bridgehead atoms. The summed E-state index contributed by atoms with van der Waals surface area (Å²) in [6.07, 6.45) is -6.91. The van der Waals surface area contributed by atoms with Crippen molar-refractivity contribution >= 4 is 11.9 Å². The first-order valence-corrected chi connectivity index (χ1v) is 10.6. The molecule has 10 atom stereocenters. The number of amides is 1. The average molecular weight is 465 g/mol. The second kappa shape index (κ2) is 11.2. The van der Waals surface area contributed by atoms with Crippen LogP contribution in [-0.4, -0.2) is 113 Å². The van der Waals surface area contributed by atoms with Crippen molar-refractivity contribution in [2.24, 2.45) is 11.8 Å². The number of nitrogens with one attached hydrogen (secondary N) is 1. The molecule has 0 aromatic rings. The predicted octanol–water partition coefficient (Wildman–Crippen LogP) is -2.16. The van der Waals surface area contributed by atoms with Crippen LogP contribution in [0.3, 0.4) is 0 Å². The molecule has 12 heteroatoms. The van der Waals surface area contributed by atoms with E-state index in [0.717, 1.165) is 0 Å². The largest absolute Gasteiger partial charge is 0.479 e. The topological polar surface area (TPSA) is 184 Å². The van der Waals surface area contributed by atoms with Crippen LogP contribution in [0.25, 0.3) is 0 Å². The van der Waals surface area contributed by atoms with E-state index in [1.165, 1.54) is 14.0 Å². The van der Waals surface area contributed by atoms with Gasteiger partial charge in [-0.2, -0.15) is 0 Å². The molecular formula is C20H35NO11. The van der Waals surface area contributed by atoms with E-state index in [9.17, 15) is 35.1 Å². The van der Waals surface area contributed by atoms with Crippen LogP contribution in [0.4, 0.5) is 0 Å². The fraction of sp³-hybridized carbons (Fsp3) is 0.900. The lowest BCUT2D eigenvalue weighted by Gasteiger charge is -2.51. The third-order valence-electron chi connectivity index (χ3n) is 6.29. The van der Waals surface area contributed by atoms with Gasteiger partial charge in [-0.3, -0.25) is 4.79 Å². The smallest absolute Gasteiger partial charge is 0.333 e. The highest BCUT2D eigenvalue weighted by molar-refractivity contribution is 5.73. The van der Waals surface area contributed by atoms with Crippen molar-refractivity contribution in [1.29, 1.82) is 0 Å². The van der Waals surface area contributed by atoms with E-state index in [2.05, 4.69) is 5.32 Å². The number of aliphatic carboxylic acids is 1. The molecule has 0 aliphatic carbocycles.